The Kier molecular flexibility index (Phi) is 4.13. The van der Waals surface area contributed by atoms with Gasteiger partial charge in [-0.3, -0.25) is 9.59 Å². The van der Waals surface area contributed by atoms with Crippen LogP contribution in [0.1, 0.15) is 6.42 Å². The highest BCUT2D eigenvalue weighted by Gasteiger charge is 2.40. The Labute approximate surface area is 125 Å². The molecular formula is C12H9BrF3NO4. The van der Waals surface area contributed by atoms with E-state index in [4.69, 9.17) is 5.11 Å². The number of anilines is 1. The van der Waals surface area contributed by atoms with E-state index >= 15 is 0 Å². The number of hydrogen-bond acceptors (Lipinski definition) is 3. The van der Waals surface area contributed by atoms with Crippen LogP contribution in [0.25, 0.3) is 0 Å². The number of ether oxygens (including phenoxy) is 1. The van der Waals surface area contributed by atoms with Crippen LogP contribution in [0.15, 0.2) is 22.7 Å². The van der Waals surface area contributed by atoms with E-state index in [1.165, 1.54) is 12.1 Å². The Bertz CT molecular complexity index is 590. The van der Waals surface area contributed by atoms with Crippen LogP contribution >= 0.6 is 15.9 Å². The van der Waals surface area contributed by atoms with Gasteiger partial charge in [0.15, 0.2) is 5.75 Å². The summed E-state index contributed by atoms with van der Waals surface area (Å²) in [6.45, 7) is 0.0195. The number of nitrogens with zero attached hydrogens (tertiary/aromatic N) is 1. The largest absolute Gasteiger partial charge is 0.573 e. The lowest BCUT2D eigenvalue weighted by Crippen LogP contribution is -2.31. The number of amides is 1. The molecule has 0 bridgehead atoms. The third-order valence-corrected chi connectivity index (χ3v) is 3.44. The van der Waals surface area contributed by atoms with Crippen LogP contribution < -0.4 is 9.64 Å². The van der Waals surface area contributed by atoms with Gasteiger partial charge in [0, 0.05) is 11.0 Å². The number of carboxylic acids is 1. The molecule has 0 saturated carbocycles. The predicted molar refractivity (Wildman–Crippen MR) is 68.9 cm³/mol. The molecule has 1 saturated heterocycles. The van der Waals surface area contributed by atoms with E-state index in [2.05, 4.69) is 20.7 Å². The maximum absolute atomic E-state index is 12.4. The molecule has 114 valence electrons. The molecule has 1 heterocycles. The maximum Gasteiger partial charge on any atom is 0.573 e. The minimum absolute atomic E-state index is 0.0195. The summed E-state index contributed by atoms with van der Waals surface area (Å²) in [5.41, 5.74) is -0.107. The molecule has 9 heteroatoms. The van der Waals surface area contributed by atoms with E-state index in [0.717, 1.165) is 11.0 Å². The van der Waals surface area contributed by atoms with Crippen LogP contribution in [0.4, 0.5) is 18.9 Å². The van der Waals surface area contributed by atoms with Crippen LogP contribution in [-0.4, -0.2) is 29.9 Å². The van der Waals surface area contributed by atoms with E-state index in [1.54, 1.807) is 0 Å². The lowest BCUT2D eigenvalue weighted by Gasteiger charge is -2.21. The second-order valence-corrected chi connectivity index (χ2v) is 5.24. The van der Waals surface area contributed by atoms with E-state index in [0.29, 0.717) is 4.47 Å². The van der Waals surface area contributed by atoms with Gasteiger partial charge in [0.25, 0.3) is 0 Å². The fourth-order valence-corrected chi connectivity index (χ4v) is 2.41. The van der Waals surface area contributed by atoms with Gasteiger partial charge < -0.3 is 14.7 Å². The number of carboxylic acid groups (broad SMARTS) is 1. The second kappa shape index (κ2) is 5.55. The molecule has 0 radical (unpaired) electrons. The van der Waals surface area contributed by atoms with Gasteiger partial charge in [-0.15, -0.1) is 13.2 Å². The molecule has 1 aliphatic rings. The summed E-state index contributed by atoms with van der Waals surface area (Å²) in [4.78, 5) is 23.8. The molecule has 1 aromatic rings. The Hall–Kier alpha value is -1.77. The van der Waals surface area contributed by atoms with E-state index in [9.17, 15) is 22.8 Å². The van der Waals surface area contributed by atoms with Crippen LogP contribution in [0, 0.1) is 5.92 Å². The fourth-order valence-electron chi connectivity index (χ4n) is 2.07. The highest BCUT2D eigenvalue weighted by Crippen LogP contribution is 2.38. The van der Waals surface area contributed by atoms with Crippen molar-refractivity contribution < 1.29 is 32.6 Å². The van der Waals surface area contributed by atoms with Crippen molar-refractivity contribution >= 4 is 33.5 Å². The first-order chi connectivity index (χ1) is 9.69. The lowest BCUT2D eigenvalue weighted by molar-refractivity contribution is -0.274. The van der Waals surface area contributed by atoms with Crippen molar-refractivity contribution in [1.29, 1.82) is 0 Å². The van der Waals surface area contributed by atoms with Gasteiger partial charge in [-0.05, 0) is 24.6 Å². The number of halogens is 4. The Morgan fingerprint density at radius 2 is 2.10 bits per heavy atom. The van der Waals surface area contributed by atoms with Gasteiger partial charge in [-0.25, -0.2) is 0 Å². The quantitative estimate of drug-likeness (QED) is 0.834. The van der Waals surface area contributed by atoms with Gasteiger partial charge in [0.05, 0.1) is 5.69 Å². The number of alkyl halides is 3. The molecule has 1 atom stereocenters. The van der Waals surface area contributed by atoms with Crippen molar-refractivity contribution in [2.75, 3.05) is 11.4 Å². The van der Waals surface area contributed by atoms with Crippen LogP contribution in [0.3, 0.4) is 0 Å². The summed E-state index contributed by atoms with van der Waals surface area (Å²) < 4.78 is 41.5. The Balaban J connectivity index is 2.36. The van der Waals surface area contributed by atoms with Gasteiger partial charge in [0.1, 0.15) is 5.92 Å². The number of rotatable bonds is 3. The summed E-state index contributed by atoms with van der Waals surface area (Å²) in [5, 5.41) is 8.88. The van der Waals surface area contributed by atoms with Crippen molar-refractivity contribution in [3.63, 3.8) is 0 Å². The highest BCUT2D eigenvalue weighted by atomic mass is 79.9. The molecule has 5 nitrogen and oxygen atoms in total. The predicted octanol–water partition coefficient (Wildman–Crippen LogP) is 2.79. The molecule has 1 N–H and O–H groups in total. The molecule has 0 aliphatic carbocycles. The van der Waals surface area contributed by atoms with Crippen molar-refractivity contribution in [3.8, 4) is 5.75 Å². The number of hydrogen-bond donors (Lipinski definition) is 1. The van der Waals surface area contributed by atoms with E-state index in [-0.39, 0.29) is 18.7 Å². The zero-order valence-corrected chi connectivity index (χ0v) is 11.9. The van der Waals surface area contributed by atoms with E-state index < -0.39 is 29.9 Å². The van der Waals surface area contributed by atoms with Crippen molar-refractivity contribution in [2.24, 2.45) is 5.92 Å². The standard InChI is InChI=1S/C12H9BrF3NO4/c13-6-1-2-8(9(5-6)21-12(14,15)16)17-4-3-7(10(17)18)11(19)20/h1-2,5,7H,3-4H2,(H,19,20). The third kappa shape index (κ3) is 3.46. The highest BCUT2D eigenvalue weighted by molar-refractivity contribution is 9.10. The molecule has 1 aromatic carbocycles. The first kappa shape index (κ1) is 15.6. The average Bonchev–Trinajstić information content (AvgIpc) is 2.69. The summed E-state index contributed by atoms with van der Waals surface area (Å²) in [6, 6.07) is 3.79. The molecule has 21 heavy (non-hydrogen) atoms. The second-order valence-electron chi connectivity index (χ2n) is 4.33. The van der Waals surface area contributed by atoms with Gasteiger partial charge in [-0.2, -0.15) is 0 Å². The Morgan fingerprint density at radius 1 is 1.43 bits per heavy atom. The van der Waals surface area contributed by atoms with Gasteiger partial charge >= 0.3 is 12.3 Å². The summed E-state index contributed by atoms with van der Waals surface area (Å²) in [7, 11) is 0. The van der Waals surface area contributed by atoms with Crippen molar-refractivity contribution in [1.82, 2.24) is 0 Å². The normalized spacial score (nSPS) is 19.0. The molecule has 1 amide bonds. The number of benzene rings is 1. The number of aliphatic carboxylic acids is 1. The monoisotopic (exact) mass is 367 g/mol. The molecule has 0 aromatic heterocycles. The first-order valence-corrected chi connectivity index (χ1v) is 6.58. The topological polar surface area (TPSA) is 66.8 Å². The zero-order valence-electron chi connectivity index (χ0n) is 10.4. The van der Waals surface area contributed by atoms with Crippen LogP contribution in [0.5, 0.6) is 5.75 Å². The summed E-state index contributed by atoms with van der Waals surface area (Å²) in [6.07, 6.45) is -4.87. The molecular weight excluding hydrogens is 359 g/mol. The molecule has 0 spiro atoms. The van der Waals surface area contributed by atoms with Crippen LogP contribution in [-0.2, 0) is 9.59 Å². The fraction of sp³-hybridized carbons (Fsp3) is 0.333. The van der Waals surface area contributed by atoms with Gasteiger partial charge in [0.2, 0.25) is 5.91 Å². The summed E-state index contributed by atoms with van der Waals surface area (Å²) >= 11 is 3.02. The first-order valence-electron chi connectivity index (χ1n) is 5.78. The maximum atomic E-state index is 12.4. The zero-order chi connectivity index (χ0) is 15.8. The lowest BCUT2D eigenvalue weighted by atomic mass is 10.1. The Morgan fingerprint density at radius 3 is 2.62 bits per heavy atom. The smallest absolute Gasteiger partial charge is 0.481 e. The number of carbonyl (C=O) groups is 2. The van der Waals surface area contributed by atoms with Crippen LogP contribution in [0.2, 0.25) is 0 Å². The molecule has 1 unspecified atom stereocenters. The molecule has 2 rings (SSSR count). The third-order valence-electron chi connectivity index (χ3n) is 2.94. The minimum atomic E-state index is -4.91. The van der Waals surface area contributed by atoms with E-state index in [1.807, 2.05) is 0 Å². The summed E-state index contributed by atoms with van der Waals surface area (Å²) in [5.74, 6) is -3.85. The van der Waals surface area contributed by atoms with Crippen molar-refractivity contribution in [3.05, 3.63) is 22.7 Å². The van der Waals surface area contributed by atoms with Gasteiger partial charge in [-0.1, -0.05) is 15.9 Å². The minimum Gasteiger partial charge on any atom is -0.481 e. The molecule has 1 aliphatic heterocycles. The number of carbonyl (C=O) groups excluding carboxylic acids is 1. The van der Waals surface area contributed by atoms with Crippen molar-refractivity contribution in [2.45, 2.75) is 12.8 Å². The average molecular weight is 368 g/mol. The SMILES string of the molecule is O=C(O)C1CCN(c2ccc(Br)cc2OC(F)(F)F)C1=O. The molecule has 1 fully saturated rings.